The smallest absolute Gasteiger partial charge is 0.335 e. The quantitative estimate of drug-likeness (QED) is 0.833. The largest absolute Gasteiger partial charge is 0.391 e. The van der Waals surface area contributed by atoms with Crippen molar-refractivity contribution in [2.75, 3.05) is 6.54 Å². The number of halogens is 3. The van der Waals surface area contributed by atoms with Crippen LogP contribution in [-0.4, -0.2) is 33.3 Å². The van der Waals surface area contributed by atoms with Crippen LogP contribution in [0.25, 0.3) is 0 Å². The minimum atomic E-state index is -4.19. The maximum atomic E-state index is 13.0. The number of aryl methyl sites for hydroxylation is 1. The average molecular weight is 329 g/mol. The molecular weight excluding hydrogens is 307 g/mol. The number of nitrogens with zero attached hydrogens (tertiary/aromatic N) is 3. The summed E-state index contributed by atoms with van der Waals surface area (Å²) in [6.45, 7) is 0.631. The molecule has 1 aromatic heterocycles. The van der Waals surface area contributed by atoms with E-state index < -0.39 is 18.0 Å². The minimum absolute atomic E-state index is 0.0394. The molecule has 2 fully saturated rings. The third-order valence-corrected chi connectivity index (χ3v) is 5.13. The lowest BCUT2D eigenvalue weighted by molar-refractivity contribution is -0.187. The third-order valence-electron chi connectivity index (χ3n) is 5.13. The Balaban J connectivity index is 1.71. The Morgan fingerprint density at radius 3 is 2.70 bits per heavy atom. The predicted molar refractivity (Wildman–Crippen MR) is 78.4 cm³/mol. The summed E-state index contributed by atoms with van der Waals surface area (Å²) >= 11 is 0. The van der Waals surface area contributed by atoms with Gasteiger partial charge in [-0.05, 0) is 32.1 Å². The number of carbonyl (C=O) groups excluding carboxylic acids is 1. The van der Waals surface area contributed by atoms with Crippen molar-refractivity contribution in [3.05, 3.63) is 18.0 Å². The highest BCUT2D eigenvalue weighted by Crippen LogP contribution is 2.42. The fourth-order valence-corrected chi connectivity index (χ4v) is 3.94. The Kier molecular flexibility index (Phi) is 4.38. The summed E-state index contributed by atoms with van der Waals surface area (Å²) in [6, 6.07) is -0.0394. The maximum absolute atomic E-state index is 13.0. The highest BCUT2D eigenvalue weighted by Gasteiger charge is 2.45. The van der Waals surface area contributed by atoms with Gasteiger partial charge in [0.1, 0.15) is 0 Å². The van der Waals surface area contributed by atoms with Crippen LogP contribution in [0, 0.1) is 11.8 Å². The van der Waals surface area contributed by atoms with E-state index >= 15 is 0 Å². The molecule has 0 radical (unpaired) electrons. The summed E-state index contributed by atoms with van der Waals surface area (Å²) in [7, 11) is 1.82. The SMILES string of the molecule is Cn1cc([C@@H]2CCCN2C(=O)[C@H]2CCC[C@@H](C(F)(F)F)C2)cn1. The molecule has 2 aliphatic rings. The molecule has 128 valence electrons. The fraction of sp³-hybridized carbons (Fsp3) is 0.750. The van der Waals surface area contributed by atoms with Gasteiger partial charge in [0.15, 0.2) is 0 Å². The monoisotopic (exact) mass is 329 g/mol. The first-order valence-corrected chi connectivity index (χ1v) is 8.22. The maximum Gasteiger partial charge on any atom is 0.391 e. The molecule has 0 spiro atoms. The van der Waals surface area contributed by atoms with Crippen LogP contribution < -0.4 is 0 Å². The molecule has 1 aliphatic carbocycles. The van der Waals surface area contributed by atoms with E-state index in [1.807, 2.05) is 13.2 Å². The number of aromatic nitrogens is 2. The Bertz CT molecular complexity index is 569. The van der Waals surface area contributed by atoms with Crippen molar-refractivity contribution >= 4 is 5.91 Å². The molecular formula is C16H22F3N3O. The lowest BCUT2D eigenvalue weighted by atomic mass is 9.80. The number of hydrogen-bond donors (Lipinski definition) is 0. The van der Waals surface area contributed by atoms with Gasteiger partial charge in [-0.25, -0.2) is 0 Å². The lowest BCUT2D eigenvalue weighted by Gasteiger charge is -2.34. The van der Waals surface area contributed by atoms with Crippen molar-refractivity contribution < 1.29 is 18.0 Å². The molecule has 4 nitrogen and oxygen atoms in total. The summed E-state index contributed by atoms with van der Waals surface area (Å²) < 4.78 is 40.6. The van der Waals surface area contributed by atoms with Crippen molar-refractivity contribution in [2.45, 2.75) is 50.7 Å². The van der Waals surface area contributed by atoms with E-state index in [0.717, 1.165) is 18.4 Å². The molecule has 2 heterocycles. The molecule has 3 rings (SSSR count). The normalized spacial score (nSPS) is 29.0. The van der Waals surface area contributed by atoms with Gasteiger partial charge >= 0.3 is 6.18 Å². The van der Waals surface area contributed by atoms with E-state index in [2.05, 4.69) is 5.10 Å². The van der Waals surface area contributed by atoms with E-state index in [-0.39, 0.29) is 24.8 Å². The Morgan fingerprint density at radius 1 is 1.26 bits per heavy atom. The first kappa shape index (κ1) is 16.3. The second-order valence-corrected chi connectivity index (χ2v) is 6.74. The number of carbonyl (C=O) groups is 1. The van der Waals surface area contributed by atoms with Crippen LogP contribution in [0.1, 0.15) is 50.1 Å². The van der Waals surface area contributed by atoms with Crippen molar-refractivity contribution in [1.82, 2.24) is 14.7 Å². The van der Waals surface area contributed by atoms with Crippen molar-refractivity contribution in [2.24, 2.45) is 18.9 Å². The third kappa shape index (κ3) is 3.38. The van der Waals surface area contributed by atoms with Gasteiger partial charge in [0.2, 0.25) is 5.91 Å². The molecule has 0 N–H and O–H groups in total. The summed E-state index contributed by atoms with van der Waals surface area (Å²) in [6.07, 6.45) is 2.33. The molecule has 1 aliphatic heterocycles. The summed E-state index contributed by atoms with van der Waals surface area (Å²) in [4.78, 5) is 14.6. The van der Waals surface area contributed by atoms with E-state index in [1.54, 1.807) is 15.8 Å². The van der Waals surface area contributed by atoms with Gasteiger partial charge in [-0.3, -0.25) is 9.48 Å². The molecule has 1 saturated carbocycles. The second-order valence-electron chi connectivity index (χ2n) is 6.74. The van der Waals surface area contributed by atoms with Crippen LogP contribution in [-0.2, 0) is 11.8 Å². The highest BCUT2D eigenvalue weighted by atomic mass is 19.4. The Labute approximate surface area is 133 Å². The van der Waals surface area contributed by atoms with Crippen LogP contribution in [0.3, 0.4) is 0 Å². The molecule has 23 heavy (non-hydrogen) atoms. The van der Waals surface area contributed by atoms with E-state index in [4.69, 9.17) is 0 Å². The topological polar surface area (TPSA) is 38.1 Å². The zero-order valence-electron chi connectivity index (χ0n) is 13.2. The van der Waals surface area contributed by atoms with Gasteiger partial charge in [0.05, 0.1) is 18.2 Å². The number of rotatable bonds is 2. The van der Waals surface area contributed by atoms with E-state index in [1.165, 1.54) is 0 Å². The molecule has 1 saturated heterocycles. The summed E-state index contributed by atoms with van der Waals surface area (Å²) in [5.41, 5.74) is 0.974. The van der Waals surface area contributed by atoms with Crippen molar-refractivity contribution in [1.29, 1.82) is 0 Å². The van der Waals surface area contributed by atoms with Gasteiger partial charge in [-0.15, -0.1) is 0 Å². The lowest BCUT2D eigenvalue weighted by Crippen LogP contribution is -2.40. The summed E-state index contributed by atoms with van der Waals surface area (Å²) in [5.74, 6) is -1.93. The molecule has 1 aromatic rings. The second kappa shape index (κ2) is 6.17. The highest BCUT2D eigenvalue weighted by molar-refractivity contribution is 5.79. The first-order valence-electron chi connectivity index (χ1n) is 8.22. The Morgan fingerprint density at radius 2 is 2.04 bits per heavy atom. The predicted octanol–water partition coefficient (Wildman–Crippen LogP) is 3.45. The standard InChI is InChI=1S/C16H22F3N3O/c1-21-10-12(9-20-21)14-6-3-7-22(14)15(23)11-4-2-5-13(8-11)16(17,18)19/h9-11,13-14H,2-8H2,1H3/t11-,13+,14-/m0/s1. The number of alkyl halides is 3. The van der Waals surface area contributed by atoms with Gasteiger partial charge < -0.3 is 4.90 Å². The van der Waals surface area contributed by atoms with Crippen LogP contribution in [0.15, 0.2) is 12.4 Å². The Hall–Kier alpha value is -1.53. The number of hydrogen-bond acceptors (Lipinski definition) is 2. The molecule has 0 unspecified atom stereocenters. The summed E-state index contributed by atoms with van der Waals surface area (Å²) in [5, 5.41) is 4.14. The van der Waals surface area contributed by atoms with Crippen LogP contribution in [0.4, 0.5) is 13.2 Å². The average Bonchev–Trinajstić information content (AvgIpc) is 3.14. The van der Waals surface area contributed by atoms with E-state index in [0.29, 0.717) is 19.4 Å². The number of amides is 1. The fourth-order valence-electron chi connectivity index (χ4n) is 3.94. The zero-order valence-corrected chi connectivity index (χ0v) is 13.2. The van der Waals surface area contributed by atoms with E-state index in [9.17, 15) is 18.0 Å². The number of likely N-dealkylation sites (tertiary alicyclic amines) is 1. The van der Waals surface area contributed by atoms with Crippen molar-refractivity contribution in [3.8, 4) is 0 Å². The first-order chi connectivity index (χ1) is 10.9. The van der Waals surface area contributed by atoms with Gasteiger partial charge in [0.25, 0.3) is 0 Å². The minimum Gasteiger partial charge on any atom is -0.335 e. The zero-order chi connectivity index (χ0) is 16.6. The van der Waals surface area contributed by atoms with Crippen LogP contribution in [0.5, 0.6) is 0 Å². The molecule has 0 aromatic carbocycles. The van der Waals surface area contributed by atoms with Crippen LogP contribution in [0.2, 0.25) is 0 Å². The van der Waals surface area contributed by atoms with Gasteiger partial charge in [0, 0.05) is 31.3 Å². The molecule has 3 atom stereocenters. The van der Waals surface area contributed by atoms with Crippen LogP contribution >= 0.6 is 0 Å². The molecule has 0 bridgehead atoms. The van der Waals surface area contributed by atoms with Crippen molar-refractivity contribution in [3.63, 3.8) is 0 Å². The van der Waals surface area contributed by atoms with Gasteiger partial charge in [-0.1, -0.05) is 6.42 Å². The molecule has 1 amide bonds. The van der Waals surface area contributed by atoms with Gasteiger partial charge in [-0.2, -0.15) is 18.3 Å². The molecule has 7 heteroatoms.